The first-order chi connectivity index (χ1) is 6.08. The van der Waals surface area contributed by atoms with Gasteiger partial charge >= 0.3 is 13.7 Å². The molecule has 76 valence electrons. The van der Waals surface area contributed by atoms with Gasteiger partial charge in [0.15, 0.2) is 0 Å². The second-order valence-corrected chi connectivity index (χ2v) is 3.67. The highest BCUT2D eigenvalue weighted by Crippen LogP contribution is 2.40. The van der Waals surface area contributed by atoms with E-state index in [1.54, 1.807) is 0 Å². The summed E-state index contributed by atoms with van der Waals surface area (Å²) in [5, 5.41) is 5.33. The molecule has 0 radical (unpaired) electrons. The number of carbonyl (C=O) groups is 1. The van der Waals surface area contributed by atoms with Gasteiger partial charge in [-0.3, -0.25) is 9.05 Å². The average molecular weight is 210 g/mol. The number of hydrogen-bond acceptors (Lipinski definition) is 6. The first-order valence-electron chi connectivity index (χ1n) is 3.17. The molecule has 0 bridgehead atoms. The van der Waals surface area contributed by atoms with Crippen LogP contribution in [0.2, 0.25) is 0 Å². The fourth-order valence-electron chi connectivity index (χ4n) is 0.361. The molecule has 0 aromatic rings. The molecular weight excluding hydrogens is 199 g/mol. The first-order valence-corrected chi connectivity index (χ1v) is 4.72. The van der Waals surface area contributed by atoms with Crippen molar-refractivity contribution in [2.24, 2.45) is 5.10 Å². The minimum atomic E-state index is -3.40. The van der Waals surface area contributed by atoms with E-state index in [9.17, 15) is 9.36 Å². The topological polar surface area (TPSA) is 86.2 Å². The number of methoxy groups -OCH3 is 1. The van der Waals surface area contributed by atoms with Crippen molar-refractivity contribution in [3.05, 3.63) is 0 Å². The molecule has 0 spiro atoms. The minimum Gasteiger partial charge on any atom is -0.465 e. The third kappa shape index (κ3) is 4.62. The van der Waals surface area contributed by atoms with Gasteiger partial charge in [0.05, 0.1) is 7.11 Å². The molecule has 1 N–H and O–H groups in total. The summed E-state index contributed by atoms with van der Waals surface area (Å²) >= 11 is 0. The molecule has 0 aromatic carbocycles. The third-order valence-electron chi connectivity index (χ3n) is 1.03. The van der Waals surface area contributed by atoms with E-state index in [-0.39, 0.29) is 0 Å². The van der Waals surface area contributed by atoms with Crippen LogP contribution in [0.25, 0.3) is 0 Å². The largest absolute Gasteiger partial charge is 0.465 e. The van der Waals surface area contributed by atoms with E-state index >= 15 is 0 Å². The Balaban J connectivity index is 4.07. The maximum Gasteiger partial charge on any atom is 0.447 e. The van der Waals surface area contributed by atoms with Crippen molar-refractivity contribution in [2.45, 2.75) is 0 Å². The van der Waals surface area contributed by atoms with Gasteiger partial charge in [-0.15, -0.1) is 0 Å². The third-order valence-corrected chi connectivity index (χ3v) is 2.35. The Morgan fingerprint density at radius 3 is 2.31 bits per heavy atom. The number of ether oxygens (including phenoxy) is 1. The molecular formula is C5H11N2O5P. The number of esters is 1. The zero-order valence-corrected chi connectivity index (χ0v) is 8.41. The highest BCUT2D eigenvalue weighted by molar-refractivity contribution is 7.51. The SMILES string of the molecule is COC(=O)/C=N/NP(=O)(OC)OC. The lowest BCUT2D eigenvalue weighted by Crippen LogP contribution is -2.09. The lowest BCUT2D eigenvalue weighted by atomic mass is 10.8. The molecule has 0 atom stereocenters. The molecule has 7 nitrogen and oxygen atoms in total. The quantitative estimate of drug-likeness (QED) is 0.300. The molecule has 0 saturated carbocycles. The van der Waals surface area contributed by atoms with E-state index in [1.165, 1.54) is 21.3 Å². The number of hydrazone groups is 1. The Morgan fingerprint density at radius 2 is 1.92 bits per heavy atom. The number of rotatable bonds is 5. The highest BCUT2D eigenvalue weighted by Gasteiger charge is 2.19. The second kappa shape index (κ2) is 5.69. The molecule has 8 heteroatoms. The predicted octanol–water partition coefficient (Wildman–Crippen LogP) is 0.136. The molecule has 0 unspecified atom stereocenters. The Bertz CT molecular complexity index is 233. The molecule has 0 aliphatic carbocycles. The molecule has 0 aliphatic heterocycles. The number of nitrogens with zero attached hydrogens (tertiary/aromatic N) is 1. The van der Waals surface area contributed by atoms with Crippen LogP contribution in [-0.2, 0) is 23.1 Å². The summed E-state index contributed by atoms with van der Waals surface area (Å²) in [5.74, 6) is -0.675. The van der Waals surface area contributed by atoms with Crippen LogP contribution < -0.4 is 5.20 Å². The van der Waals surface area contributed by atoms with Crippen LogP contribution in [0.1, 0.15) is 0 Å². The van der Waals surface area contributed by atoms with Gasteiger partial charge in [0.1, 0.15) is 6.21 Å². The molecule has 0 aromatic heterocycles. The van der Waals surface area contributed by atoms with Gasteiger partial charge in [-0.2, -0.15) is 5.10 Å². The van der Waals surface area contributed by atoms with Crippen LogP contribution >= 0.6 is 7.75 Å². The van der Waals surface area contributed by atoms with Crippen molar-refractivity contribution < 1.29 is 23.1 Å². The van der Waals surface area contributed by atoms with Gasteiger partial charge < -0.3 is 4.74 Å². The van der Waals surface area contributed by atoms with E-state index in [0.717, 1.165) is 6.21 Å². The van der Waals surface area contributed by atoms with Gasteiger partial charge in [0.25, 0.3) is 0 Å². The van der Waals surface area contributed by atoms with Crippen LogP contribution in [0.4, 0.5) is 0 Å². The smallest absolute Gasteiger partial charge is 0.447 e. The molecule has 0 fully saturated rings. The Hall–Kier alpha value is -0.910. The fraction of sp³-hybridized carbons (Fsp3) is 0.600. The first kappa shape index (κ1) is 12.1. The van der Waals surface area contributed by atoms with Gasteiger partial charge in [-0.05, 0) is 0 Å². The number of carbonyl (C=O) groups excluding carboxylic acids is 1. The second-order valence-electron chi connectivity index (χ2n) is 1.74. The summed E-state index contributed by atoms with van der Waals surface area (Å²) in [7, 11) is 0.162. The maximum atomic E-state index is 11.2. The normalized spacial score (nSPS) is 11.6. The van der Waals surface area contributed by atoms with Crippen LogP contribution in [0.3, 0.4) is 0 Å². The van der Waals surface area contributed by atoms with Gasteiger partial charge in [0.2, 0.25) is 0 Å². The van der Waals surface area contributed by atoms with E-state index in [1.807, 2.05) is 5.20 Å². The lowest BCUT2D eigenvalue weighted by Gasteiger charge is -2.10. The zero-order valence-electron chi connectivity index (χ0n) is 7.51. The van der Waals surface area contributed by atoms with E-state index in [4.69, 9.17) is 0 Å². The Kier molecular flexibility index (Phi) is 5.29. The minimum absolute atomic E-state index is 0.675. The van der Waals surface area contributed by atoms with Crippen molar-refractivity contribution in [3.63, 3.8) is 0 Å². The van der Waals surface area contributed by atoms with Crippen molar-refractivity contribution in [2.75, 3.05) is 21.3 Å². The maximum absolute atomic E-state index is 11.2. The van der Waals surface area contributed by atoms with E-state index < -0.39 is 13.7 Å². The summed E-state index contributed by atoms with van der Waals surface area (Å²) in [5.41, 5.74) is 0. The van der Waals surface area contributed by atoms with Crippen molar-refractivity contribution in [1.82, 2.24) is 5.20 Å². The number of hydrogen-bond donors (Lipinski definition) is 1. The molecule has 0 saturated heterocycles. The molecule has 13 heavy (non-hydrogen) atoms. The molecule has 0 rings (SSSR count). The molecule has 0 heterocycles. The van der Waals surface area contributed by atoms with Crippen LogP contribution in [-0.4, -0.2) is 33.5 Å². The summed E-state index contributed by atoms with van der Waals surface area (Å²) < 4.78 is 24.3. The van der Waals surface area contributed by atoms with E-state index in [0.29, 0.717) is 0 Å². The fourth-order valence-corrected chi connectivity index (χ4v) is 0.873. The summed E-state index contributed by atoms with van der Waals surface area (Å²) in [6.07, 6.45) is 0.810. The van der Waals surface area contributed by atoms with Crippen molar-refractivity contribution in [1.29, 1.82) is 0 Å². The standard InChI is InChI=1S/C5H11N2O5P/c1-10-5(8)4-6-7-13(9,11-2)12-3/h4H,1-3H3,(H,7,9)/b6-4+. The van der Waals surface area contributed by atoms with Gasteiger partial charge in [-0.1, -0.05) is 0 Å². The van der Waals surface area contributed by atoms with Crippen LogP contribution in [0.5, 0.6) is 0 Å². The van der Waals surface area contributed by atoms with E-state index in [2.05, 4.69) is 18.9 Å². The monoisotopic (exact) mass is 210 g/mol. The van der Waals surface area contributed by atoms with Crippen molar-refractivity contribution in [3.8, 4) is 0 Å². The van der Waals surface area contributed by atoms with Crippen LogP contribution in [0.15, 0.2) is 5.10 Å². The Labute approximate surface area is 75.6 Å². The highest BCUT2D eigenvalue weighted by atomic mass is 31.2. The summed E-state index contributed by atoms with van der Waals surface area (Å²) in [6, 6.07) is 0. The van der Waals surface area contributed by atoms with Crippen LogP contribution in [0, 0.1) is 0 Å². The van der Waals surface area contributed by atoms with Gasteiger partial charge in [0, 0.05) is 14.2 Å². The summed E-state index contributed by atoms with van der Waals surface area (Å²) in [6.45, 7) is 0. The lowest BCUT2D eigenvalue weighted by molar-refractivity contribution is -0.132. The summed E-state index contributed by atoms with van der Waals surface area (Å²) in [4.78, 5) is 10.5. The number of nitrogens with one attached hydrogen (secondary N) is 1. The zero-order chi connectivity index (χ0) is 10.3. The van der Waals surface area contributed by atoms with Crippen molar-refractivity contribution >= 4 is 19.9 Å². The molecule has 0 aliphatic rings. The predicted molar refractivity (Wildman–Crippen MR) is 45.3 cm³/mol. The molecule has 0 amide bonds. The Morgan fingerprint density at radius 1 is 1.38 bits per heavy atom. The average Bonchev–Trinajstić information content (AvgIpc) is 2.17. The van der Waals surface area contributed by atoms with Gasteiger partial charge in [-0.25, -0.2) is 14.6 Å².